The fraction of sp³-hybridized carbons (Fsp3) is 0.353. The number of carbonyl (C=O) groups excluding carboxylic acids is 1. The summed E-state index contributed by atoms with van der Waals surface area (Å²) in [7, 11) is 0. The number of hydrogen-bond donors (Lipinski definition) is 2. The molecular weight excluding hydrogens is 326 g/mol. The van der Waals surface area contributed by atoms with Gasteiger partial charge in [-0.15, -0.1) is 11.3 Å². The van der Waals surface area contributed by atoms with Crippen LogP contribution in [-0.2, 0) is 4.79 Å². The Hall–Kier alpha value is -2.41. The maximum absolute atomic E-state index is 12.5. The molecule has 3 rings (SSSR count). The second-order valence-corrected chi connectivity index (χ2v) is 6.99. The average molecular weight is 345 g/mol. The van der Waals surface area contributed by atoms with Crippen LogP contribution in [-0.4, -0.2) is 40.1 Å². The number of hydrogen-bond acceptors (Lipinski definition) is 4. The van der Waals surface area contributed by atoms with Crippen LogP contribution in [0.2, 0.25) is 0 Å². The maximum atomic E-state index is 12.5. The first-order valence-corrected chi connectivity index (χ1v) is 8.72. The predicted molar refractivity (Wildman–Crippen MR) is 93.2 cm³/mol. The zero-order valence-corrected chi connectivity index (χ0v) is 14.2. The summed E-state index contributed by atoms with van der Waals surface area (Å²) in [6.45, 7) is 2.94. The number of piperidine rings is 1. The molecule has 7 heteroatoms. The number of amides is 2. The third-order valence-corrected chi connectivity index (χ3v) is 5.05. The fourth-order valence-corrected chi connectivity index (χ4v) is 3.52. The lowest BCUT2D eigenvalue weighted by atomic mass is 9.97. The van der Waals surface area contributed by atoms with Crippen molar-refractivity contribution in [3.8, 4) is 11.3 Å². The first-order chi connectivity index (χ1) is 11.5. The highest BCUT2D eigenvalue weighted by Crippen LogP contribution is 2.29. The second-order valence-electron chi connectivity index (χ2n) is 5.88. The van der Waals surface area contributed by atoms with Crippen LogP contribution < -0.4 is 5.32 Å². The molecule has 126 valence electrons. The summed E-state index contributed by atoms with van der Waals surface area (Å²) in [6.07, 6.45) is 2.69. The summed E-state index contributed by atoms with van der Waals surface area (Å²) in [5, 5.41) is 14.0. The van der Waals surface area contributed by atoms with Crippen LogP contribution >= 0.6 is 11.3 Å². The van der Waals surface area contributed by atoms with E-state index in [1.54, 1.807) is 28.5 Å². The molecule has 0 atom stereocenters. The van der Waals surface area contributed by atoms with Gasteiger partial charge in [-0.25, -0.2) is 4.79 Å². The third kappa shape index (κ3) is 3.56. The molecular formula is C17H19N3O3S. The van der Waals surface area contributed by atoms with E-state index in [1.807, 2.05) is 24.4 Å². The number of carbonyl (C=O) groups is 2. The van der Waals surface area contributed by atoms with Gasteiger partial charge >= 0.3 is 12.0 Å². The van der Waals surface area contributed by atoms with E-state index >= 15 is 0 Å². The maximum Gasteiger partial charge on any atom is 0.321 e. The zero-order valence-electron chi connectivity index (χ0n) is 13.4. The summed E-state index contributed by atoms with van der Waals surface area (Å²) >= 11 is 1.64. The lowest BCUT2D eigenvalue weighted by molar-refractivity contribution is -0.143. The molecule has 0 aliphatic carbocycles. The molecule has 3 heterocycles. The number of aliphatic carboxylic acids is 1. The molecule has 0 unspecified atom stereocenters. The Morgan fingerprint density at radius 2 is 2.12 bits per heavy atom. The van der Waals surface area contributed by atoms with Crippen molar-refractivity contribution in [1.82, 2.24) is 9.88 Å². The SMILES string of the molecule is Cc1cc(-c2ncccc2NC(=O)N2CCC(C(=O)O)CC2)cs1. The molecule has 6 nitrogen and oxygen atoms in total. The molecule has 2 amide bonds. The lowest BCUT2D eigenvalue weighted by Crippen LogP contribution is -2.42. The van der Waals surface area contributed by atoms with Gasteiger partial charge in [-0.2, -0.15) is 0 Å². The quantitative estimate of drug-likeness (QED) is 0.892. The number of thiophene rings is 1. The van der Waals surface area contributed by atoms with E-state index in [2.05, 4.69) is 10.3 Å². The molecule has 0 radical (unpaired) electrons. The van der Waals surface area contributed by atoms with E-state index in [1.165, 1.54) is 4.88 Å². The minimum absolute atomic E-state index is 0.208. The van der Waals surface area contributed by atoms with Crippen molar-refractivity contribution in [2.45, 2.75) is 19.8 Å². The molecule has 1 fully saturated rings. The van der Waals surface area contributed by atoms with Gasteiger partial charge in [-0.05, 0) is 38.0 Å². The van der Waals surface area contributed by atoms with E-state index in [9.17, 15) is 9.59 Å². The van der Waals surface area contributed by atoms with Gasteiger partial charge in [0.05, 0.1) is 17.3 Å². The number of likely N-dealkylation sites (tertiary alicyclic amines) is 1. The highest BCUT2D eigenvalue weighted by atomic mass is 32.1. The summed E-state index contributed by atoms with van der Waals surface area (Å²) < 4.78 is 0. The van der Waals surface area contributed by atoms with E-state index in [0.29, 0.717) is 31.6 Å². The average Bonchev–Trinajstić information content (AvgIpc) is 3.01. The van der Waals surface area contributed by atoms with Gasteiger partial charge in [-0.3, -0.25) is 9.78 Å². The topological polar surface area (TPSA) is 82.5 Å². The predicted octanol–water partition coefficient (Wildman–Crippen LogP) is 3.45. The Kier molecular flexibility index (Phi) is 4.80. The fourth-order valence-electron chi connectivity index (χ4n) is 2.83. The van der Waals surface area contributed by atoms with Crippen LogP contribution in [0.4, 0.5) is 10.5 Å². The van der Waals surface area contributed by atoms with Crippen molar-refractivity contribution in [2.24, 2.45) is 5.92 Å². The zero-order chi connectivity index (χ0) is 17.1. The van der Waals surface area contributed by atoms with E-state index < -0.39 is 5.97 Å². The molecule has 2 aromatic rings. The van der Waals surface area contributed by atoms with Crippen molar-refractivity contribution in [2.75, 3.05) is 18.4 Å². The van der Waals surface area contributed by atoms with Crippen molar-refractivity contribution >= 4 is 29.0 Å². The van der Waals surface area contributed by atoms with Crippen LogP contribution in [0.1, 0.15) is 17.7 Å². The minimum atomic E-state index is -0.780. The van der Waals surface area contributed by atoms with Crippen LogP contribution in [0.5, 0.6) is 0 Å². The first kappa shape index (κ1) is 16.4. The largest absolute Gasteiger partial charge is 0.481 e. The van der Waals surface area contributed by atoms with Crippen molar-refractivity contribution in [3.05, 3.63) is 34.7 Å². The smallest absolute Gasteiger partial charge is 0.321 e. The molecule has 2 N–H and O–H groups in total. The Morgan fingerprint density at radius 3 is 2.75 bits per heavy atom. The highest BCUT2D eigenvalue weighted by Gasteiger charge is 2.27. The number of urea groups is 1. The highest BCUT2D eigenvalue weighted by molar-refractivity contribution is 7.10. The number of anilines is 1. The van der Waals surface area contributed by atoms with Crippen LogP contribution in [0.25, 0.3) is 11.3 Å². The Bertz CT molecular complexity index is 751. The third-order valence-electron chi connectivity index (χ3n) is 4.18. The number of carboxylic acids is 1. The monoisotopic (exact) mass is 345 g/mol. The number of nitrogens with one attached hydrogen (secondary N) is 1. The number of rotatable bonds is 3. The Balaban J connectivity index is 1.70. The van der Waals surface area contributed by atoms with Gasteiger partial charge in [0.1, 0.15) is 0 Å². The molecule has 0 saturated carbocycles. The van der Waals surface area contributed by atoms with E-state index in [4.69, 9.17) is 5.11 Å². The number of aromatic nitrogens is 1. The molecule has 1 aliphatic rings. The van der Waals surface area contributed by atoms with Gasteiger partial charge in [-0.1, -0.05) is 0 Å². The van der Waals surface area contributed by atoms with Gasteiger partial charge in [0.15, 0.2) is 0 Å². The summed E-state index contributed by atoms with van der Waals surface area (Å²) in [5.74, 6) is -1.13. The van der Waals surface area contributed by atoms with Crippen LogP contribution in [0, 0.1) is 12.8 Å². The molecule has 24 heavy (non-hydrogen) atoms. The van der Waals surface area contributed by atoms with E-state index in [0.717, 1.165) is 11.3 Å². The van der Waals surface area contributed by atoms with Crippen LogP contribution in [0.3, 0.4) is 0 Å². The molecule has 2 aromatic heterocycles. The standard InChI is InChI=1S/C17H19N3O3S/c1-11-9-13(10-24-11)15-14(3-2-6-18-15)19-17(23)20-7-4-12(5-8-20)16(21)22/h2-3,6,9-10,12H,4-5,7-8H2,1H3,(H,19,23)(H,21,22). The van der Waals surface area contributed by atoms with Gasteiger partial charge < -0.3 is 15.3 Å². The van der Waals surface area contributed by atoms with E-state index in [-0.39, 0.29) is 11.9 Å². The molecule has 1 aliphatic heterocycles. The number of pyridine rings is 1. The summed E-state index contributed by atoms with van der Waals surface area (Å²) in [6, 6.07) is 5.45. The Morgan fingerprint density at radius 1 is 1.38 bits per heavy atom. The summed E-state index contributed by atoms with van der Waals surface area (Å²) in [4.78, 5) is 30.7. The lowest BCUT2D eigenvalue weighted by Gasteiger charge is -2.30. The van der Waals surface area contributed by atoms with Crippen molar-refractivity contribution in [3.63, 3.8) is 0 Å². The van der Waals surface area contributed by atoms with Crippen LogP contribution in [0.15, 0.2) is 29.8 Å². The Labute approximate surface area is 144 Å². The summed E-state index contributed by atoms with van der Waals surface area (Å²) in [5.41, 5.74) is 2.40. The van der Waals surface area contributed by atoms with Crippen molar-refractivity contribution < 1.29 is 14.7 Å². The second kappa shape index (κ2) is 7.00. The molecule has 1 saturated heterocycles. The van der Waals surface area contributed by atoms with Crippen molar-refractivity contribution in [1.29, 1.82) is 0 Å². The van der Waals surface area contributed by atoms with Gasteiger partial charge in [0, 0.05) is 35.1 Å². The molecule has 0 bridgehead atoms. The van der Waals surface area contributed by atoms with Gasteiger partial charge in [0.2, 0.25) is 0 Å². The molecule has 0 aromatic carbocycles. The number of aryl methyl sites for hydroxylation is 1. The van der Waals surface area contributed by atoms with Gasteiger partial charge in [0.25, 0.3) is 0 Å². The number of nitrogens with zero attached hydrogens (tertiary/aromatic N) is 2. The minimum Gasteiger partial charge on any atom is -0.481 e. The normalized spacial score (nSPS) is 15.3. The molecule has 0 spiro atoms. The number of carboxylic acid groups (broad SMARTS) is 1. The first-order valence-electron chi connectivity index (χ1n) is 7.84.